The molecule has 1 aromatic heterocycles. The highest BCUT2D eigenvalue weighted by Gasteiger charge is 2.15. The van der Waals surface area contributed by atoms with E-state index in [-0.39, 0.29) is 6.10 Å². The molecule has 0 saturated carbocycles. The average molecular weight is 317 g/mol. The van der Waals surface area contributed by atoms with Crippen LogP contribution < -0.4 is 0 Å². The van der Waals surface area contributed by atoms with Crippen LogP contribution in [-0.2, 0) is 17.8 Å². The van der Waals surface area contributed by atoms with Gasteiger partial charge >= 0.3 is 0 Å². The molecule has 0 aliphatic rings. The molecule has 0 bridgehead atoms. The summed E-state index contributed by atoms with van der Waals surface area (Å²) in [6, 6.07) is 12.3. The van der Waals surface area contributed by atoms with Gasteiger partial charge in [-0.25, -0.2) is 0 Å². The summed E-state index contributed by atoms with van der Waals surface area (Å²) in [5.41, 5.74) is 2.47. The van der Waals surface area contributed by atoms with Crippen LogP contribution in [0.3, 0.4) is 0 Å². The first-order valence-corrected chi connectivity index (χ1v) is 8.13. The second-order valence-electron chi connectivity index (χ2n) is 6.27. The summed E-state index contributed by atoms with van der Waals surface area (Å²) in [7, 11) is 0. The highest BCUT2D eigenvalue weighted by atomic mass is 16.5. The highest BCUT2D eigenvalue weighted by molar-refractivity contribution is 5.22. The minimum absolute atomic E-state index is 0.125. The smallest absolute Gasteiger partial charge is 0.117 e. The maximum atomic E-state index is 10.2. The summed E-state index contributed by atoms with van der Waals surface area (Å²) in [5.74, 6) is 0.898. The molecule has 1 N–H and O–H groups in total. The van der Waals surface area contributed by atoms with Gasteiger partial charge in [0, 0.05) is 13.1 Å². The molecular formula is C19H27NO3. The lowest BCUT2D eigenvalue weighted by Gasteiger charge is -2.25. The maximum Gasteiger partial charge on any atom is 0.117 e. The van der Waals surface area contributed by atoms with Crippen LogP contribution in [0, 0.1) is 6.92 Å². The Morgan fingerprint density at radius 3 is 2.65 bits per heavy atom. The number of benzene rings is 1. The summed E-state index contributed by atoms with van der Waals surface area (Å²) in [4.78, 5) is 2.18. The Labute approximate surface area is 138 Å². The number of furan rings is 1. The van der Waals surface area contributed by atoms with Gasteiger partial charge < -0.3 is 14.3 Å². The summed E-state index contributed by atoms with van der Waals surface area (Å²) in [6.45, 7) is 8.36. The van der Waals surface area contributed by atoms with Crippen molar-refractivity contribution >= 4 is 0 Å². The van der Waals surface area contributed by atoms with Crippen molar-refractivity contribution in [2.75, 3.05) is 13.2 Å². The molecule has 23 heavy (non-hydrogen) atoms. The van der Waals surface area contributed by atoms with Crippen LogP contribution in [0.4, 0.5) is 0 Å². The molecule has 4 nitrogen and oxygen atoms in total. The number of rotatable bonds is 9. The first kappa shape index (κ1) is 17.7. The molecule has 1 unspecified atom stereocenters. The van der Waals surface area contributed by atoms with E-state index in [1.54, 1.807) is 6.26 Å². The van der Waals surface area contributed by atoms with Gasteiger partial charge in [-0.2, -0.15) is 0 Å². The maximum absolute atomic E-state index is 10.2. The first-order valence-electron chi connectivity index (χ1n) is 8.13. The van der Waals surface area contributed by atoms with E-state index in [0.29, 0.717) is 19.7 Å². The van der Waals surface area contributed by atoms with E-state index in [2.05, 4.69) is 36.1 Å². The van der Waals surface area contributed by atoms with E-state index in [4.69, 9.17) is 9.15 Å². The van der Waals surface area contributed by atoms with Crippen molar-refractivity contribution in [3.8, 4) is 0 Å². The Morgan fingerprint density at radius 2 is 2.00 bits per heavy atom. The first-order chi connectivity index (χ1) is 11.0. The fraction of sp³-hybridized carbons (Fsp3) is 0.474. The van der Waals surface area contributed by atoms with Crippen molar-refractivity contribution in [1.82, 2.24) is 4.90 Å². The second-order valence-corrected chi connectivity index (χ2v) is 6.27. The molecule has 0 aliphatic heterocycles. The van der Waals surface area contributed by atoms with Gasteiger partial charge in [-0.15, -0.1) is 0 Å². The number of aryl methyl sites for hydroxylation is 1. The Balaban J connectivity index is 1.99. The minimum atomic E-state index is -0.517. The Bertz CT molecular complexity index is 566. The van der Waals surface area contributed by atoms with Gasteiger partial charge in [-0.05, 0) is 38.5 Å². The molecule has 2 aromatic rings. The van der Waals surface area contributed by atoms with E-state index in [0.717, 1.165) is 12.3 Å². The highest BCUT2D eigenvalue weighted by Crippen LogP contribution is 2.13. The van der Waals surface area contributed by atoms with E-state index < -0.39 is 6.10 Å². The molecule has 2 rings (SSSR count). The molecule has 4 heteroatoms. The molecular weight excluding hydrogens is 290 g/mol. The Hall–Kier alpha value is -1.62. The van der Waals surface area contributed by atoms with Gasteiger partial charge in [0.15, 0.2) is 0 Å². The number of hydrogen-bond acceptors (Lipinski definition) is 4. The fourth-order valence-electron chi connectivity index (χ4n) is 2.53. The largest absolute Gasteiger partial charge is 0.468 e. The molecule has 1 heterocycles. The number of hydrogen-bond donors (Lipinski definition) is 1. The molecule has 1 atom stereocenters. The zero-order chi connectivity index (χ0) is 16.7. The van der Waals surface area contributed by atoms with Crippen LogP contribution in [0.2, 0.25) is 0 Å². The summed E-state index contributed by atoms with van der Waals surface area (Å²) < 4.78 is 11.0. The van der Waals surface area contributed by atoms with Gasteiger partial charge in [0.25, 0.3) is 0 Å². The van der Waals surface area contributed by atoms with Crippen molar-refractivity contribution in [2.45, 2.75) is 46.1 Å². The van der Waals surface area contributed by atoms with Crippen LogP contribution in [0.5, 0.6) is 0 Å². The van der Waals surface area contributed by atoms with Crippen molar-refractivity contribution in [3.63, 3.8) is 0 Å². The molecule has 0 amide bonds. The normalized spacial score (nSPS) is 13.0. The zero-order valence-electron chi connectivity index (χ0n) is 14.2. The van der Waals surface area contributed by atoms with E-state index >= 15 is 0 Å². The average Bonchev–Trinajstić information content (AvgIpc) is 2.98. The topological polar surface area (TPSA) is 45.8 Å². The van der Waals surface area contributed by atoms with Gasteiger partial charge in [0.1, 0.15) is 5.76 Å². The number of ether oxygens (including phenoxy) is 1. The summed E-state index contributed by atoms with van der Waals surface area (Å²) >= 11 is 0. The van der Waals surface area contributed by atoms with Crippen LogP contribution in [0.1, 0.15) is 30.7 Å². The van der Waals surface area contributed by atoms with Crippen LogP contribution >= 0.6 is 0 Å². The third kappa shape index (κ3) is 6.57. The van der Waals surface area contributed by atoms with E-state index in [1.165, 1.54) is 11.1 Å². The van der Waals surface area contributed by atoms with Gasteiger partial charge in [0.2, 0.25) is 0 Å². The monoisotopic (exact) mass is 317 g/mol. The molecule has 0 spiro atoms. The van der Waals surface area contributed by atoms with Gasteiger partial charge in [0.05, 0.1) is 31.6 Å². The van der Waals surface area contributed by atoms with Crippen molar-refractivity contribution in [3.05, 3.63) is 59.5 Å². The van der Waals surface area contributed by atoms with Gasteiger partial charge in [-0.1, -0.05) is 29.8 Å². The van der Waals surface area contributed by atoms with Crippen LogP contribution in [-0.4, -0.2) is 35.4 Å². The van der Waals surface area contributed by atoms with Crippen LogP contribution in [0.15, 0.2) is 47.1 Å². The fourth-order valence-corrected chi connectivity index (χ4v) is 2.53. The van der Waals surface area contributed by atoms with Gasteiger partial charge in [-0.3, -0.25) is 4.90 Å². The predicted molar refractivity (Wildman–Crippen MR) is 91.1 cm³/mol. The Morgan fingerprint density at radius 1 is 1.17 bits per heavy atom. The Kier molecular flexibility index (Phi) is 6.84. The summed E-state index contributed by atoms with van der Waals surface area (Å²) in [6.07, 6.45) is 1.29. The van der Waals surface area contributed by atoms with E-state index in [1.807, 2.05) is 26.0 Å². The third-order valence-corrected chi connectivity index (χ3v) is 3.54. The lowest BCUT2D eigenvalue weighted by Crippen LogP contribution is -2.34. The standard InChI is InChI=1S/C19H27NO3/c1-15(2)23-14-18(21)12-20(13-19-8-5-9-22-19)11-17-7-4-6-16(3)10-17/h4-10,15,18,21H,11-14H2,1-3H3. The quantitative estimate of drug-likeness (QED) is 0.770. The number of aliphatic hydroxyl groups excluding tert-OH is 1. The summed E-state index contributed by atoms with van der Waals surface area (Å²) in [5, 5.41) is 10.2. The van der Waals surface area contributed by atoms with Crippen molar-refractivity contribution < 1.29 is 14.3 Å². The van der Waals surface area contributed by atoms with Crippen LogP contribution in [0.25, 0.3) is 0 Å². The predicted octanol–water partition coefficient (Wildman–Crippen LogP) is 3.38. The van der Waals surface area contributed by atoms with E-state index in [9.17, 15) is 5.11 Å². The molecule has 0 saturated heterocycles. The van der Waals surface area contributed by atoms with Crippen molar-refractivity contribution in [1.29, 1.82) is 0 Å². The number of nitrogens with zero attached hydrogens (tertiary/aromatic N) is 1. The van der Waals surface area contributed by atoms with Crippen molar-refractivity contribution in [2.24, 2.45) is 0 Å². The molecule has 0 radical (unpaired) electrons. The molecule has 126 valence electrons. The molecule has 0 fully saturated rings. The zero-order valence-corrected chi connectivity index (χ0v) is 14.2. The lowest BCUT2D eigenvalue weighted by molar-refractivity contribution is -0.0114. The minimum Gasteiger partial charge on any atom is -0.468 e. The molecule has 1 aromatic carbocycles. The SMILES string of the molecule is Cc1cccc(CN(Cc2ccco2)CC(O)COC(C)C)c1. The third-order valence-electron chi connectivity index (χ3n) is 3.54. The molecule has 0 aliphatic carbocycles. The number of aliphatic hydroxyl groups is 1. The second kappa shape index (κ2) is 8.87. The lowest BCUT2D eigenvalue weighted by atomic mass is 10.1.